The van der Waals surface area contributed by atoms with Crippen molar-refractivity contribution in [3.05, 3.63) is 35.6 Å². The summed E-state index contributed by atoms with van der Waals surface area (Å²) in [4.78, 5) is 0. The van der Waals surface area contributed by atoms with E-state index in [2.05, 4.69) is 13.8 Å². The first-order chi connectivity index (χ1) is 6.99. The molecular weight excluding hydrogens is 227 g/mol. The zero-order valence-corrected chi connectivity index (χ0v) is 10.4. The van der Waals surface area contributed by atoms with Gasteiger partial charge in [-0.25, -0.2) is 4.39 Å². The van der Waals surface area contributed by atoms with Gasteiger partial charge in [0.15, 0.2) is 0 Å². The summed E-state index contributed by atoms with van der Waals surface area (Å²) >= 11 is 0. The molecule has 16 heavy (non-hydrogen) atoms. The van der Waals surface area contributed by atoms with Crippen molar-refractivity contribution in [2.75, 3.05) is 0 Å². The molecule has 1 aliphatic rings. The average molecular weight is 245 g/mol. The molecule has 1 nitrogen and oxygen atoms in total. The summed E-state index contributed by atoms with van der Waals surface area (Å²) in [6, 6.07) is 6.50. The number of rotatable bonds is 2. The molecular formula is C13H18ClFO. The molecule has 0 saturated heterocycles. The zero-order chi connectivity index (χ0) is 11.1. The molecule has 3 heteroatoms. The number of benzene rings is 1. The summed E-state index contributed by atoms with van der Waals surface area (Å²) in [5.41, 5.74) is 0.759. The first kappa shape index (κ1) is 13.5. The lowest BCUT2D eigenvalue weighted by Gasteiger charge is -2.45. The van der Waals surface area contributed by atoms with Gasteiger partial charge < -0.3 is 5.11 Å². The molecule has 2 rings (SSSR count). The van der Waals surface area contributed by atoms with Gasteiger partial charge in [0, 0.05) is 5.56 Å². The summed E-state index contributed by atoms with van der Waals surface area (Å²) in [7, 11) is 0. The Labute approximate surface area is 102 Å². The van der Waals surface area contributed by atoms with E-state index in [1.165, 1.54) is 6.07 Å². The van der Waals surface area contributed by atoms with Crippen LogP contribution in [0.25, 0.3) is 0 Å². The Morgan fingerprint density at radius 3 is 2.38 bits per heavy atom. The van der Waals surface area contributed by atoms with Gasteiger partial charge in [0.1, 0.15) is 5.82 Å². The van der Waals surface area contributed by atoms with Crippen LogP contribution in [0.4, 0.5) is 4.39 Å². The maximum Gasteiger partial charge on any atom is 0.129 e. The second-order valence-electron chi connectivity index (χ2n) is 5.30. The minimum atomic E-state index is -0.640. The van der Waals surface area contributed by atoms with Crippen LogP contribution in [0, 0.1) is 17.2 Å². The number of hydrogen-bond acceptors (Lipinski definition) is 1. The van der Waals surface area contributed by atoms with Crippen molar-refractivity contribution in [3.63, 3.8) is 0 Å². The first-order valence-electron chi connectivity index (χ1n) is 5.42. The lowest BCUT2D eigenvalue weighted by atomic mass is 9.62. The fourth-order valence-electron chi connectivity index (χ4n) is 2.55. The average Bonchev–Trinajstić information content (AvgIpc) is 2.14. The van der Waals surface area contributed by atoms with Crippen LogP contribution in [-0.2, 0) is 0 Å². The number of halogens is 2. The summed E-state index contributed by atoms with van der Waals surface area (Å²) < 4.78 is 13.4. The molecule has 0 aliphatic heterocycles. The lowest BCUT2D eigenvalue weighted by Crippen LogP contribution is -2.35. The molecule has 1 aromatic rings. The molecule has 1 saturated carbocycles. The molecule has 0 radical (unpaired) electrons. The smallest absolute Gasteiger partial charge is 0.129 e. The Bertz CT molecular complexity index is 357. The van der Waals surface area contributed by atoms with Crippen molar-refractivity contribution in [1.29, 1.82) is 0 Å². The third kappa shape index (κ3) is 2.55. The maximum absolute atomic E-state index is 13.4. The Morgan fingerprint density at radius 1 is 1.31 bits per heavy atom. The quantitative estimate of drug-likeness (QED) is 0.841. The Balaban J connectivity index is 0.00000128. The van der Waals surface area contributed by atoms with Crippen molar-refractivity contribution in [2.45, 2.75) is 32.8 Å². The van der Waals surface area contributed by atoms with Gasteiger partial charge in [0.2, 0.25) is 0 Å². The van der Waals surface area contributed by atoms with Gasteiger partial charge in [-0.2, -0.15) is 0 Å². The Hall–Kier alpha value is -0.600. The molecule has 0 aromatic heterocycles. The highest BCUT2D eigenvalue weighted by Crippen LogP contribution is 2.50. The molecule has 1 aromatic carbocycles. The van der Waals surface area contributed by atoms with Crippen molar-refractivity contribution in [1.82, 2.24) is 0 Å². The van der Waals surface area contributed by atoms with Crippen LogP contribution in [0.5, 0.6) is 0 Å². The highest BCUT2D eigenvalue weighted by molar-refractivity contribution is 5.85. The van der Waals surface area contributed by atoms with Gasteiger partial charge in [-0.05, 0) is 30.2 Å². The molecule has 1 N–H and O–H groups in total. The van der Waals surface area contributed by atoms with Crippen LogP contribution in [0.1, 0.15) is 38.4 Å². The molecule has 1 aliphatic carbocycles. The van der Waals surface area contributed by atoms with E-state index in [4.69, 9.17) is 0 Å². The molecule has 0 spiro atoms. The third-order valence-corrected chi connectivity index (χ3v) is 3.30. The van der Waals surface area contributed by atoms with E-state index in [0.717, 1.165) is 12.8 Å². The second-order valence-corrected chi connectivity index (χ2v) is 5.30. The first-order valence-corrected chi connectivity index (χ1v) is 5.42. The van der Waals surface area contributed by atoms with Gasteiger partial charge in [-0.15, -0.1) is 12.4 Å². The zero-order valence-electron chi connectivity index (χ0n) is 9.61. The van der Waals surface area contributed by atoms with E-state index in [1.54, 1.807) is 18.2 Å². The van der Waals surface area contributed by atoms with E-state index in [0.29, 0.717) is 11.0 Å². The minimum Gasteiger partial charge on any atom is -0.388 e. The predicted molar refractivity (Wildman–Crippen MR) is 65.1 cm³/mol. The van der Waals surface area contributed by atoms with Crippen LogP contribution >= 0.6 is 12.4 Å². The number of hydrogen-bond donors (Lipinski definition) is 1. The number of aliphatic hydroxyl groups excluding tert-OH is 1. The van der Waals surface area contributed by atoms with Gasteiger partial charge in [0.05, 0.1) is 6.10 Å². The Morgan fingerprint density at radius 2 is 1.88 bits per heavy atom. The number of aliphatic hydroxyl groups is 1. The van der Waals surface area contributed by atoms with E-state index >= 15 is 0 Å². The van der Waals surface area contributed by atoms with E-state index in [9.17, 15) is 9.50 Å². The Kier molecular flexibility index (Phi) is 3.97. The van der Waals surface area contributed by atoms with Gasteiger partial charge >= 0.3 is 0 Å². The monoisotopic (exact) mass is 244 g/mol. The van der Waals surface area contributed by atoms with E-state index in [1.807, 2.05) is 0 Å². The molecule has 0 unspecified atom stereocenters. The fraction of sp³-hybridized carbons (Fsp3) is 0.538. The van der Waals surface area contributed by atoms with Crippen LogP contribution in [0.2, 0.25) is 0 Å². The summed E-state index contributed by atoms with van der Waals surface area (Å²) in [6.45, 7) is 4.36. The second kappa shape index (κ2) is 4.72. The van der Waals surface area contributed by atoms with E-state index in [-0.39, 0.29) is 24.1 Å². The van der Waals surface area contributed by atoms with Gasteiger partial charge in [-0.1, -0.05) is 32.0 Å². The molecule has 1 atom stereocenters. The lowest BCUT2D eigenvalue weighted by molar-refractivity contribution is -0.0163. The van der Waals surface area contributed by atoms with Crippen molar-refractivity contribution in [2.24, 2.45) is 11.3 Å². The van der Waals surface area contributed by atoms with Crippen LogP contribution in [-0.4, -0.2) is 5.11 Å². The SMILES string of the molecule is CC1(C)CC([C@H](O)c2ccccc2F)C1.Cl. The highest BCUT2D eigenvalue weighted by Gasteiger charge is 2.40. The van der Waals surface area contributed by atoms with Crippen molar-refractivity contribution in [3.8, 4) is 0 Å². The van der Waals surface area contributed by atoms with Crippen LogP contribution < -0.4 is 0 Å². The van der Waals surface area contributed by atoms with Crippen molar-refractivity contribution < 1.29 is 9.50 Å². The third-order valence-electron chi connectivity index (χ3n) is 3.30. The van der Waals surface area contributed by atoms with Gasteiger partial charge in [0.25, 0.3) is 0 Å². The van der Waals surface area contributed by atoms with Crippen molar-refractivity contribution >= 4 is 12.4 Å². The van der Waals surface area contributed by atoms with Gasteiger partial charge in [-0.3, -0.25) is 0 Å². The van der Waals surface area contributed by atoms with Crippen LogP contribution in [0.3, 0.4) is 0 Å². The minimum absolute atomic E-state index is 0. The van der Waals surface area contributed by atoms with E-state index < -0.39 is 6.10 Å². The normalized spacial score (nSPS) is 20.8. The molecule has 1 fully saturated rings. The largest absolute Gasteiger partial charge is 0.388 e. The summed E-state index contributed by atoms with van der Waals surface area (Å²) in [5.74, 6) is -0.0772. The topological polar surface area (TPSA) is 20.2 Å². The summed E-state index contributed by atoms with van der Waals surface area (Å²) in [6.07, 6.45) is 1.31. The molecule has 0 bridgehead atoms. The molecule has 90 valence electrons. The molecule has 0 amide bonds. The fourth-order valence-corrected chi connectivity index (χ4v) is 2.55. The summed E-state index contributed by atoms with van der Waals surface area (Å²) in [5, 5.41) is 10.0. The predicted octanol–water partition coefficient (Wildman–Crippen LogP) is 3.72. The standard InChI is InChI=1S/C13H17FO.ClH/c1-13(2)7-9(8-13)12(15)10-5-3-4-6-11(10)14;/h3-6,9,12,15H,7-8H2,1-2H3;1H/t12-;/m0./s1. The maximum atomic E-state index is 13.4. The highest BCUT2D eigenvalue weighted by atomic mass is 35.5. The van der Waals surface area contributed by atoms with Crippen LogP contribution in [0.15, 0.2) is 24.3 Å². The molecule has 0 heterocycles.